The standard InChI is InChI=1S/C20H18F3N3O2/c1-11-6-8-15(9-7-11)25-18(27)16-12(2)24-19(28)26-17(16)13-4-3-5-14(10-13)20(21,22)23/h3-10,17H,1-2H3,(H,25,27)(H2,24,26,28). The lowest BCUT2D eigenvalue weighted by Crippen LogP contribution is -2.46. The quantitative estimate of drug-likeness (QED) is 0.733. The van der Waals surface area contributed by atoms with E-state index >= 15 is 0 Å². The fraction of sp³-hybridized carbons (Fsp3) is 0.200. The van der Waals surface area contributed by atoms with Crippen LogP contribution in [0.3, 0.4) is 0 Å². The van der Waals surface area contributed by atoms with Crippen molar-refractivity contribution in [1.82, 2.24) is 10.6 Å². The third-order valence-electron chi connectivity index (χ3n) is 4.37. The van der Waals surface area contributed by atoms with Crippen LogP contribution in [0.25, 0.3) is 0 Å². The molecule has 3 amide bonds. The van der Waals surface area contributed by atoms with Crippen LogP contribution in [0.4, 0.5) is 23.7 Å². The Kier molecular flexibility index (Phi) is 5.13. The fourth-order valence-corrected chi connectivity index (χ4v) is 2.97. The highest BCUT2D eigenvalue weighted by Crippen LogP contribution is 2.33. The number of halogens is 3. The van der Waals surface area contributed by atoms with Crippen molar-refractivity contribution in [2.75, 3.05) is 5.32 Å². The maximum atomic E-state index is 13.1. The predicted octanol–water partition coefficient (Wildman–Crippen LogP) is 4.28. The lowest BCUT2D eigenvalue weighted by Gasteiger charge is -2.29. The molecule has 0 saturated heterocycles. The van der Waals surface area contributed by atoms with Crippen LogP contribution < -0.4 is 16.0 Å². The number of benzene rings is 2. The first-order valence-corrected chi connectivity index (χ1v) is 8.48. The Morgan fingerprint density at radius 1 is 1.07 bits per heavy atom. The number of carbonyl (C=O) groups is 2. The van der Waals surface area contributed by atoms with Crippen molar-refractivity contribution in [3.05, 3.63) is 76.5 Å². The highest BCUT2D eigenvalue weighted by atomic mass is 19.4. The number of hydrogen-bond donors (Lipinski definition) is 3. The smallest absolute Gasteiger partial charge is 0.327 e. The Morgan fingerprint density at radius 3 is 2.39 bits per heavy atom. The Morgan fingerprint density at radius 2 is 1.75 bits per heavy atom. The Labute approximate surface area is 159 Å². The van der Waals surface area contributed by atoms with Gasteiger partial charge in [-0.25, -0.2) is 4.79 Å². The first-order chi connectivity index (χ1) is 13.1. The molecule has 5 nitrogen and oxygen atoms in total. The van der Waals surface area contributed by atoms with Gasteiger partial charge in [-0.2, -0.15) is 13.2 Å². The van der Waals surface area contributed by atoms with Gasteiger partial charge in [0, 0.05) is 11.4 Å². The summed E-state index contributed by atoms with van der Waals surface area (Å²) >= 11 is 0. The van der Waals surface area contributed by atoms with E-state index in [0.29, 0.717) is 5.69 Å². The van der Waals surface area contributed by atoms with E-state index in [1.165, 1.54) is 19.1 Å². The van der Waals surface area contributed by atoms with E-state index in [9.17, 15) is 22.8 Å². The molecule has 0 fully saturated rings. The minimum absolute atomic E-state index is 0.138. The summed E-state index contributed by atoms with van der Waals surface area (Å²) in [7, 11) is 0. The number of carbonyl (C=O) groups excluding carboxylic acids is 2. The topological polar surface area (TPSA) is 70.2 Å². The molecule has 28 heavy (non-hydrogen) atoms. The molecule has 0 aromatic heterocycles. The molecule has 1 aliphatic heterocycles. The largest absolute Gasteiger partial charge is 0.416 e. The maximum absolute atomic E-state index is 13.1. The zero-order valence-corrected chi connectivity index (χ0v) is 15.1. The van der Waals surface area contributed by atoms with E-state index in [0.717, 1.165) is 17.7 Å². The first kappa shape index (κ1) is 19.5. The van der Waals surface area contributed by atoms with E-state index < -0.39 is 29.7 Å². The van der Waals surface area contributed by atoms with Crippen molar-refractivity contribution >= 4 is 17.6 Å². The molecule has 1 aliphatic rings. The van der Waals surface area contributed by atoms with Crippen LogP contribution in [0, 0.1) is 6.92 Å². The number of alkyl halides is 3. The number of allylic oxidation sites excluding steroid dienone is 1. The number of amides is 3. The van der Waals surface area contributed by atoms with Gasteiger partial charge in [-0.15, -0.1) is 0 Å². The second-order valence-electron chi connectivity index (χ2n) is 6.51. The number of rotatable bonds is 3. The summed E-state index contributed by atoms with van der Waals surface area (Å²) < 4.78 is 39.2. The van der Waals surface area contributed by atoms with Crippen LogP contribution in [0.5, 0.6) is 0 Å². The molecule has 0 radical (unpaired) electrons. The van der Waals surface area contributed by atoms with Crippen LogP contribution in [0.15, 0.2) is 59.8 Å². The predicted molar refractivity (Wildman–Crippen MR) is 98.4 cm³/mol. The zero-order chi connectivity index (χ0) is 20.5. The third kappa shape index (κ3) is 4.16. The summed E-state index contributed by atoms with van der Waals surface area (Å²) in [6.45, 7) is 3.44. The van der Waals surface area contributed by atoms with E-state index in [4.69, 9.17) is 0 Å². The molecule has 2 aromatic carbocycles. The molecule has 2 aromatic rings. The number of aryl methyl sites for hydroxylation is 1. The van der Waals surface area contributed by atoms with Crippen LogP contribution >= 0.6 is 0 Å². The summed E-state index contributed by atoms with van der Waals surface area (Å²) in [5, 5.41) is 7.75. The fourth-order valence-electron chi connectivity index (χ4n) is 2.97. The molecule has 3 rings (SSSR count). The summed E-state index contributed by atoms with van der Waals surface area (Å²) in [4.78, 5) is 24.7. The van der Waals surface area contributed by atoms with Crippen molar-refractivity contribution in [2.24, 2.45) is 0 Å². The van der Waals surface area contributed by atoms with Gasteiger partial charge in [0.2, 0.25) is 0 Å². The van der Waals surface area contributed by atoms with Gasteiger partial charge in [-0.1, -0.05) is 29.8 Å². The highest BCUT2D eigenvalue weighted by Gasteiger charge is 2.34. The summed E-state index contributed by atoms with van der Waals surface area (Å²) in [5.41, 5.74) is 1.28. The van der Waals surface area contributed by atoms with Gasteiger partial charge in [0.15, 0.2) is 0 Å². The van der Waals surface area contributed by atoms with Crippen molar-refractivity contribution in [1.29, 1.82) is 0 Å². The zero-order valence-electron chi connectivity index (χ0n) is 15.1. The summed E-state index contributed by atoms with van der Waals surface area (Å²) in [6, 6.07) is 10.0. The van der Waals surface area contributed by atoms with E-state index in [1.807, 2.05) is 19.1 Å². The molecule has 1 atom stereocenters. The first-order valence-electron chi connectivity index (χ1n) is 8.48. The molecule has 1 heterocycles. The molecule has 3 N–H and O–H groups in total. The van der Waals surface area contributed by atoms with Crippen LogP contribution in [-0.4, -0.2) is 11.9 Å². The summed E-state index contributed by atoms with van der Waals surface area (Å²) in [6.07, 6.45) is -4.53. The molecule has 0 saturated carbocycles. The molecule has 0 bridgehead atoms. The monoisotopic (exact) mass is 389 g/mol. The van der Waals surface area contributed by atoms with Gasteiger partial charge >= 0.3 is 12.2 Å². The molecule has 0 aliphatic carbocycles. The SMILES string of the molecule is CC1=C(C(=O)Nc2ccc(C)cc2)C(c2cccc(C(F)(F)F)c2)NC(=O)N1. The number of urea groups is 1. The second-order valence-corrected chi connectivity index (χ2v) is 6.51. The minimum Gasteiger partial charge on any atom is -0.327 e. The van der Waals surface area contributed by atoms with E-state index in [-0.39, 0.29) is 16.8 Å². The van der Waals surface area contributed by atoms with Crippen LogP contribution in [0.2, 0.25) is 0 Å². The highest BCUT2D eigenvalue weighted by molar-refractivity contribution is 6.06. The van der Waals surface area contributed by atoms with E-state index in [1.54, 1.807) is 12.1 Å². The normalized spacial score (nSPS) is 17.0. The van der Waals surface area contributed by atoms with Gasteiger partial charge in [-0.3, -0.25) is 4.79 Å². The third-order valence-corrected chi connectivity index (χ3v) is 4.37. The second kappa shape index (κ2) is 7.38. The molecular weight excluding hydrogens is 371 g/mol. The Hall–Kier alpha value is -3.29. The van der Waals surface area contributed by atoms with Gasteiger partial charge in [0.05, 0.1) is 17.2 Å². The van der Waals surface area contributed by atoms with Crippen LogP contribution in [0.1, 0.15) is 29.7 Å². The number of nitrogens with one attached hydrogen (secondary N) is 3. The lowest BCUT2D eigenvalue weighted by molar-refractivity contribution is -0.137. The lowest BCUT2D eigenvalue weighted by atomic mass is 9.93. The molecular formula is C20H18F3N3O2. The van der Waals surface area contributed by atoms with Gasteiger partial charge < -0.3 is 16.0 Å². The molecule has 146 valence electrons. The Bertz CT molecular complexity index is 950. The molecule has 0 spiro atoms. The molecule has 1 unspecified atom stereocenters. The Balaban J connectivity index is 1.97. The minimum atomic E-state index is -4.53. The summed E-state index contributed by atoms with van der Waals surface area (Å²) in [5.74, 6) is -0.517. The average Bonchev–Trinajstić information content (AvgIpc) is 2.62. The number of anilines is 1. The van der Waals surface area contributed by atoms with E-state index in [2.05, 4.69) is 16.0 Å². The van der Waals surface area contributed by atoms with Crippen molar-refractivity contribution < 1.29 is 22.8 Å². The molecule has 8 heteroatoms. The average molecular weight is 389 g/mol. The van der Waals surface area contributed by atoms with Crippen molar-refractivity contribution in [2.45, 2.75) is 26.1 Å². The van der Waals surface area contributed by atoms with Gasteiger partial charge in [-0.05, 0) is 43.7 Å². The maximum Gasteiger partial charge on any atom is 0.416 e. The van der Waals surface area contributed by atoms with Gasteiger partial charge in [0.25, 0.3) is 5.91 Å². The van der Waals surface area contributed by atoms with Crippen molar-refractivity contribution in [3.63, 3.8) is 0 Å². The van der Waals surface area contributed by atoms with Crippen molar-refractivity contribution in [3.8, 4) is 0 Å². The number of hydrogen-bond acceptors (Lipinski definition) is 2. The van der Waals surface area contributed by atoms with Crippen LogP contribution in [-0.2, 0) is 11.0 Å². The van der Waals surface area contributed by atoms with Gasteiger partial charge in [0.1, 0.15) is 0 Å².